The Bertz CT molecular complexity index is 551. The van der Waals surface area contributed by atoms with Crippen molar-refractivity contribution in [1.82, 2.24) is 4.90 Å². The molecular weight excluding hydrogens is 270 g/mol. The second-order valence-corrected chi connectivity index (χ2v) is 6.79. The van der Waals surface area contributed by atoms with Crippen molar-refractivity contribution >= 4 is 17.5 Å². The summed E-state index contributed by atoms with van der Waals surface area (Å²) in [4.78, 5) is 14.6. The maximum Gasteiger partial charge on any atom is 0.229 e. The van der Waals surface area contributed by atoms with E-state index >= 15 is 0 Å². The van der Waals surface area contributed by atoms with Gasteiger partial charge in [-0.1, -0.05) is 35.4 Å². The van der Waals surface area contributed by atoms with Crippen molar-refractivity contribution in [1.29, 1.82) is 0 Å². The molecule has 2 aliphatic carbocycles. The highest BCUT2D eigenvalue weighted by molar-refractivity contribution is 6.30. The molecule has 2 aliphatic rings. The highest BCUT2D eigenvalue weighted by atomic mass is 35.5. The highest BCUT2D eigenvalue weighted by Gasteiger charge is 2.75. The number of halogens is 1. The summed E-state index contributed by atoms with van der Waals surface area (Å²) < 4.78 is 0. The lowest BCUT2D eigenvalue weighted by atomic mass is 10.1. The average molecular weight is 290 g/mol. The van der Waals surface area contributed by atoms with E-state index in [2.05, 4.69) is 19.9 Å². The molecule has 2 nitrogen and oxygen atoms in total. The van der Waals surface area contributed by atoms with Crippen LogP contribution in [0.3, 0.4) is 0 Å². The van der Waals surface area contributed by atoms with Gasteiger partial charge in [-0.05, 0) is 50.3 Å². The van der Waals surface area contributed by atoms with Gasteiger partial charge in [-0.25, -0.2) is 0 Å². The Morgan fingerprint density at radius 2 is 1.95 bits per heavy atom. The Balaban J connectivity index is 1.72. The Hall–Kier alpha value is -1.28. The van der Waals surface area contributed by atoms with Crippen LogP contribution < -0.4 is 0 Å². The lowest BCUT2D eigenvalue weighted by Gasteiger charge is -2.23. The summed E-state index contributed by atoms with van der Waals surface area (Å²) in [5.41, 5.74) is 2.43. The molecule has 0 atom stereocenters. The van der Waals surface area contributed by atoms with Crippen LogP contribution in [0.5, 0.6) is 0 Å². The van der Waals surface area contributed by atoms with Gasteiger partial charge in [-0.15, -0.1) is 0 Å². The van der Waals surface area contributed by atoms with E-state index in [4.69, 9.17) is 11.6 Å². The van der Waals surface area contributed by atoms with Crippen LogP contribution in [-0.2, 0) is 11.3 Å². The predicted octanol–water partition coefficient (Wildman–Crippen LogP) is 4.04. The Morgan fingerprint density at radius 3 is 2.45 bits per heavy atom. The predicted molar refractivity (Wildman–Crippen MR) is 81.5 cm³/mol. The molecule has 106 valence electrons. The van der Waals surface area contributed by atoms with E-state index in [1.54, 1.807) is 0 Å². The van der Waals surface area contributed by atoms with Crippen molar-refractivity contribution in [3.05, 3.63) is 46.5 Å². The van der Waals surface area contributed by atoms with Gasteiger partial charge in [-0.3, -0.25) is 4.79 Å². The van der Waals surface area contributed by atoms with Gasteiger partial charge in [0, 0.05) is 18.1 Å². The number of hydrogen-bond acceptors (Lipinski definition) is 1. The molecule has 1 aromatic carbocycles. The molecule has 1 aromatic rings. The molecule has 0 spiro atoms. The first-order valence-corrected chi connectivity index (χ1v) is 7.56. The molecule has 0 radical (unpaired) electrons. The zero-order valence-electron chi connectivity index (χ0n) is 12.0. The normalized spacial score (nSPS) is 25.6. The number of allylic oxidation sites excluding steroid dienone is 1. The fourth-order valence-electron chi connectivity index (χ4n) is 2.69. The monoisotopic (exact) mass is 289 g/mol. The van der Waals surface area contributed by atoms with E-state index in [9.17, 15) is 4.79 Å². The average Bonchev–Trinajstić information content (AvgIpc) is 3.25. The number of hydrogen-bond donors (Lipinski definition) is 0. The molecule has 0 aromatic heterocycles. The maximum absolute atomic E-state index is 12.6. The number of nitrogens with zero attached hydrogens (tertiary/aromatic N) is 1. The minimum atomic E-state index is 0.0436. The van der Waals surface area contributed by atoms with Gasteiger partial charge in [0.1, 0.15) is 0 Å². The molecule has 1 amide bonds. The molecule has 0 N–H and O–H groups in total. The summed E-state index contributed by atoms with van der Waals surface area (Å²) in [5, 5.41) is 0.735. The maximum atomic E-state index is 12.6. The largest absolute Gasteiger partial charge is 0.334 e. The molecule has 3 heteroatoms. The second kappa shape index (κ2) is 4.92. The number of benzene rings is 1. The number of amides is 1. The summed E-state index contributed by atoms with van der Waals surface area (Å²) in [6.45, 7) is 5.52. The fraction of sp³-hybridized carbons (Fsp3) is 0.471. The molecule has 0 bridgehead atoms. The molecule has 0 aliphatic heterocycles. The van der Waals surface area contributed by atoms with E-state index in [0.717, 1.165) is 23.4 Å². The molecule has 0 heterocycles. The molecule has 20 heavy (non-hydrogen) atoms. The van der Waals surface area contributed by atoms with Gasteiger partial charge in [0.2, 0.25) is 5.91 Å². The summed E-state index contributed by atoms with van der Waals surface area (Å²) in [6, 6.07) is 7.77. The van der Waals surface area contributed by atoms with Crippen LogP contribution in [0.1, 0.15) is 32.3 Å². The Morgan fingerprint density at radius 1 is 1.35 bits per heavy atom. The Labute approximate surface area is 125 Å². The van der Waals surface area contributed by atoms with Crippen LogP contribution in [0.4, 0.5) is 0 Å². The van der Waals surface area contributed by atoms with Crippen molar-refractivity contribution in [2.45, 2.75) is 33.2 Å². The van der Waals surface area contributed by atoms with Gasteiger partial charge < -0.3 is 4.90 Å². The SMILES string of the molecule is CC(C)=CCN(Cc1ccc(Cl)cc1)C(=O)C12CC1C2. The lowest BCUT2D eigenvalue weighted by molar-refractivity contribution is -0.134. The van der Waals surface area contributed by atoms with Gasteiger partial charge >= 0.3 is 0 Å². The van der Waals surface area contributed by atoms with Crippen LogP contribution in [-0.4, -0.2) is 17.4 Å². The van der Waals surface area contributed by atoms with Crippen molar-refractivity contribution in [3.63, 3.8) is 0 Å². The van der Waals surface area contributed by atoms with Crippen LogP contribution >= 0.6 is 11.6 Å². The molecule has 2 fully saturated rings. The molecule has 0 unspecified atom stereocenters. The first-order chi connectivity index (χ1) is 9.51. The van der Waals surface area contributed by atoms with Crippen molar-refractivity contribution in [2.75, 3.05) is 6.54 Å². The third-order valence-electron chi connectivity index (χ3n) is 4.40. The van der Waals surface area contributed by atoms with E-state index in [1.807, 2.05) is 29.2 Å². The van der Waals surface area contributed by atoms with Crippen molar-refractivity contribution in [2.24, 2.45) is 11.3 Å². The summed E-state index contributed by atoms with van der Waals surface area (Å²) >= 11 is 5.91. The highest BCUT2D eigenvalue weighted by Crippen LogP contribution is 2.76. The fourth-order valence-corrected chi connectivity index (χ4v) is 2.81. The molecule has 0 saturated heterocycles. The van der Waals surface area contributed by atoms with E-state index in [-0.39, 0.29) is 5.41 Å². The minimum Gasteiger partial charge on any atom is -0.334 e. The number of rotatable bonds is 5. The molecule has 2 saturated carbocycles. The smallest absolute Gasteiger partial charge is 0.229 e. The molecule has 3 rings (SSSR count). The summed E-state index contributed by atoms with van der Waals surface area (Å²) in [5.74, 6) is 1.03. The second-order valence-electron chi connectivity index (χ2n) is 6.35. The van der Waals surface area contributed by atoms with Gasteiger partial charge in [0.15, 0.2) is 0 Å². The van der Waals surface area contributed by atoms with Gasteiger partial charge in [0.05, 0.1) is 5.41 Å². The zero-order chi connectivity index (χ0) is 14.3. The standard InChI is InChI=1S/C17H20ClNO/c1-12(2)7-8-19(16(20)17-9-14(17)10-17)11-13-3-5-15(18)6-4-13/h3-7,14H,8-11H2,1-2H3. The van der Waals surface area contributed by atoms with Crippen LogP contribution in [0.2, 0.25) is 5.02 Å². The number of fused-ring (bicyclic) bond motifs is 1. The topological polar surface area (TPSA) is 20.3 Å². The quantitative estimate of drug-likeness (QED) is 0.749. The van der Waals surface area contributed by atoms with Crippen LogP contribution in [0.15, 0.2) is 35.9 Å². The summed E-state index contributed by atoms with van der Waals surface area (Å²) in [7, 11) is 0. The van der Waals surface area contributed by atoms with E-state index in [0.29, 0.717) is 24.9 Å². The number of carbonyl (C=O) groups is 1. The Kier molecular flexibility index (Phi) is 3.37. The van der Waals surface area contributed by atoms with Crippen LogP contribution in [0, 0.1) is 11.3 Å². The van der Waals surface area contributed by atoms with Crippen LogP contribution in [0.25, 0.3) is 0 Å². The zero-order valence-corrected chi connectivity index (χ0v) is 12.8. The third kappa shape index (κ3) is 2.62. The third-order valence-corrected chi connectivity index (χ3v) is 4.65. The van der Waals surface area contributed by atoms with Gasteiger partial charge in [0.25, 0.3) is 0 Å². The number of carbonyl (C=O) groups excluding carboxylic acids is 1. The summed E-state index contributed by atoms with van der Waals surface area (Å²) in [6.07, 6.45) is 4.35. The lowest BCUT2D eigenvalue weighted by Crippen LogP contribution is -2.34. The minimum absolute atomic E-state index is 0.0436. The van der Waals surface area contributed by atoms with Gasteiger partial charge in [-0.2, -0.15) is 0 Å². The molecular formula is C17H20ClNO. The van der Waals surface area contributed by atoms with Crippen molar-refractivity contribution in [3.8, 4) is 0 Å². The van der Waals surface area contributed by atoms with E-state index in [1.165, 1.54) is 5.57 Å². The first-order valence-electron chi connectivity index (χ1n) is 7.18. The first kappa shape index (κ1) is 13.7. The van der Waals surface area contributed by atoms with Crippen molar-refractivity contribution < 1.29 is 4.79 Å². The van der Waals surface area contributed by atoms with E-state index < -0.39 is 0 Å².